The maximum atomic E-state index is 5.92. The van der Waals surface area contributed by atoms with Crippen LogP contribution in [0.3, 0.4) is 0 Å². The van der Waals surface area contributed by atoms with Gasteiger partial charge in [0, 0.05) is 26.9 Å². The van der Waals surface area contributed by atoms with E-state index in [4.69, 9.17) is 23.8 Å². The third-order valence-electron chi connectivity index (χ3n) is 6.57. The smallest absolute Gasteiger partial charge is 0.256 e. The normalized spacial score (nSPS) is 24.5. The van der Waals surface area contributed by atoms with E-state index in [9.17, 15) is 0 Å². The standard InChI is InChI=1S/C28H36N4O5/c1-18-23(33-5)24(34-6)25(35-7)27(36-18)37-30-16-19-8-10-20(11-9-19)26-29-17-32(31-26)22-14-12-21(13-15-22)28(2,3)4/h8-18,23-25,27H,1-7H3/b30-16+/t18-,23-,24+,25+,27-/m0/s1. The minimum atomic E-state index is -0.725. The molecule has 37 heavy (non-hydrogen) atoms. The monoisotopic (exact) mass is 508 g/mol. The molecule has 0 amide bonds. The van der Waals surface area contributed by atoms with Crippen LogP contribution in [0.5, 0.6) is 0 Å². The van der Waals surface area contributed by atoms with Gasteiger partial charge < -0.3 is 23.8 Å². The van der Waals surface area contributed by atoms with E-state index in [1.807, 2.05) is 31.2 Å². The Hall–Kier alpha value is -3.11. The molecule has 9 heteroatoms. The van der Waals surface area contributed by atoms with Gasteiger partial charge in [-0.05, 0) is 35.6 Å². The molecule has 2 heterocycles. The molecule has 1 saturated heterocycles. The van der Waals surface area contributed by atoms with Gasteiger partial charge in [0.05, 0.1) is 18.0 Å². The number of hydrogen-bond acceptors (Lipinski definition) is 8. The molecule has 0 saturated carbocycles. The molecule has 1 aliphatic rings. The molecule has 0 N–H and O–H groups in total. The molecule has 0 aliphatic carbocycles. The van der Waals surface area contributed by atoms with E-state index in [1.54, 1.807) is 38.6 Å². The van der Waals surface area contributed by atoms with Gasteiger partial charge in [0.2, 0.25) is 0 Å². The second kappa shape index (κ2) is 11.5. The van der Waals surface area contributed by atoms with Gasteiger partial charge in [0.25, 0.3) is 6.29 Å². The zero-order chi connectivity index (χ0) is 26.6. The third-order valence-corrected chi connectivity index (χ3v) is 6.57. The zero-order valence-electron chi connectivity index (χ0n) is 22.5. The van der Waals surface area contributed by atoms with Crippen molar-refractivity contribution in [1.29, 1.82) is 0 Å². The topological polar surface area (TPSA) is 89.2 Å². The molecule has 4 rings (SSSR count). The Balaban J connectivity index is 1.40. The maximum Gasteiger partial charge on any atom is 0.256 e. The summed E-state index contributed by atoms with van der Waals surface area (Å²) in [4.78, 5) is 10.1. The molecular formula is C28H36N4O5. The number of benzene rings is 2. The van der Waals surface area contributed by atoms with Crippen molar-refractivity contribution in [2.24, 2.45) is 5.16 Å². The lowest BCUT2D eigenvalue weighted by atomic mass is 9.87. The Morgan fingerprint density at radius 1 is 0.892 bits per heavy atom. The van der Waals surface area contributed by atoms with Crippen molar-refractivity contribution in [1.82, 2.24) is 14.8 Å². The fraction of sp³-hybridized carbons (Fsp3) is 0.464. The summed E-state index contributed by atoms with van der Waals surface area (Å²) in [5, 5.41) is 8.77. The Bertz CT molecular complexity index is 1170. The number of ether oxygens (including phenoxy) is 4. The van der Waals surface area contributed by atoms with Crippen LogP contribution in [0.4, 0.5) is 0 Å². The minimum absolute atomic E-state index is 0.106. The van der Waals surface area contributed by atoms with Gasteiger partial charge in [0.15, 0.2) is 11.9 Å². The van der Waals surface area contributed by atoms with Crippen molar-refractivity contribution in [3.8, 4) is 17.1 Å². The predicted molar refractivity (Wildman–Crippen MR) is 141 cm³/mol. The third kappa shape index (κ3) is 6.07. The molecule has 198 valence electrons. The molecule has 0 radical (unpaired) electrons. The molecular weight excluding hydrogens is 472 g/mol. The van der Waals surface area contributed by atoms with Crippen LogP contribution in [0.25, 0.3) is 17.1 Å². The number of rotatable bonds is 8. The van der Waals surface area contributed by atoms with Crippen molar-refractivity contribution in [2.45, 2.75) is 63.8 Å². The van der Waals surface area contributed by atoms with Crippen LogP contribution in [0.15, 0.2) is 60.0 Å². The predicted octanol–water partition coefficient (Wildman–Crippen LogP) is 4.37. The molecule has 1 aromatic heterocycles. The Kier molecular flexibility index (Phi) is 8.39. The van der Waals surface area contributed by atoms with Crippen molar-refractivity contribution >= 4 is 6.21 Å². The van der Waals surface area contributed by atoms with E-state index in [2.05, 4.69) is 60.3 Å². The number of nitrogens with zero attached hydrogens (tertiary/aromatic N) is 4. The molecule has 5 atom stereocenters. The van der Waals surface area contributed by atoms with Gasteiger partial charge in [-0.3, -0.25) is 0 Å². The van der Waals surface area contributed by atoms with Gasteiger partial charge in [0.1, 0.15) is 18.5 Å². The van der Waals surface area contributed by atoms with E-state index in [0.29, 0.717) is 5.82 Å². The number of hydrogen-bond donors (Lipinski definition) is 0. The quantitative estimate of drug-likeness (QED) is 0.330. The second-order valence-corrected chi connectivity index (χ2v) is 10.1. The van der Waals surface area contributed by atoms with Gasteiger partial charge in [-0.2, -0.15) is 0 Å². The first kappa shape index (κ1) is 26.9. The first-order valence-electron chi connectivity index (χ1n) is 12.3. The second-order valence-electron chi connectivity index (χ2n) is 10.1. The minimum Gasteiger partial charge on any atom is -0.376 e. The SMILES string of the molecule is CO[C@@H]1[C@@H](OC)[C@H](C)O[C@@H](O/N=C/c2ccc(-c3ncn(-c4ccc(C(C)(C)C)cc4)n3)cc2)[C@@H]1OC. The summed E-state index contributed by atoms with van der Waals surface area (Å²) in [5.41, 5.74) is 4.11. The summed E-state index contributed by atoms with van der Waals surface area (Å²) in [6.07, 6.45) is 1.27. The van der Waals surface area contributed by atoms with Gasteiger partial charge >= 0.3 is 0 Å². The molecule has 0 bridgehead atoms. The van der Waals surface area contributed by atoms with Crippen molar-refractivity contribution < 1.29 is 23.8 Å². The number of aromatic nitrogens is 3. The van der Waals surface area contributed by atoms with E-state index >= 15 is 0 Å². The van der Waals surface area contributed by atoms with Gasteiger partial charge in [-0.15, -0.1) is 5.10 Å². The lowest BCUT2D eigenvalue weighted by Crippen LogP contribution is -2.59. The lowest BCUT2D eigenvalue weighted by molar-refractivity contribution is -0.305. The van der Waals surface area contributed by atoms with Crippen molar-refractivity contribution in [3.05, 3.63) is 66.0 Å². The van der Waals surface area contributed by atoms with Gasteiger partial charge in [-0.1, -0.05) is 62.3 Å². The molecule has 3 aromatic rings. The average Bonchev–Trinajstić information content (AvgIpc) is 3.38. The molecule has 1 fully saturated rings. The highest BCUT2D eigenvalue weighted by Gasteiger charge is 2.46. The molecule has 0 unspecified atom stereocenters. The first-order chi connectivity index (χ1) is 17.7. The molecule has 9 nitrogen and oxygen atoms in total. The fourth-order valence-electron chi connectivity index (χ4n) is 4.40. The zero-order valence-corrected chi connectivity index (χ0v) is 22.5. The average molecular weight is 509 g/mol. The Labute approximate surface area is 218 Å². The van der Waals surface area contributed by atoms with Crippen LogP contribution in [0, 0.1) is 0 Å². The lowest BCUT2D eigenvalue weighted by Gasteiger charge is -2.42. The van der Waals surface area contributed by atoms with Crippen molar-refractivity contribution in [2.75, 3.05) is 21.3 Å². The summed E-state index contributed by atoms with van der Waals surface area (Å²) >= 11 is 0. The maximum absolute atomic E-state index is 5.92. The van der Waals surface area contributed by atoms with E-state index in [1.165, 1.54) is 5.56 Å². The molecule has 0 spiro atoms. The highest BCUT2D eigenvalue weighted by atomic mass is 16.8. The number of oxime groups is 1. The Morgan fingerprint density at radius 2 is 1.54 bits per heavy atom. The van der Waals surface area contributed by atoms with Crippen LogP contribution in [0.2, 0.25) is 0 Å². The Morgan fingerprint density at radius 3 is 2.14 bits per heavy atom. The van der Waals surface area contributed by atoms with Crippen LogP contribution < -0.4 is 0 Å². The van der Waals surface area contributed by atoms with Gasteiger partial charge in [-0.25, -0.2) is 9.67 Å². The molecule has 1 aliphatic heterocycles. The van der Waals surface area contributed by atoms with Crippen LogP contribution in [-0.4, -0.2) is 73.0 Å². The summed E-state index contributed by atoms with van der Waals surface area (Å²) in [6, 6.07) is 16.1. The first-order valence-corrected chi connectivity index (χ1v) is 12.3. The fourth-order valence-corrected chi connectivity index (χ4v) is 4.40. The van der Waals surface area contributed by atoms with Crippen LogP contribution >= 0.6 is 0 Å². The van der Waals surface area contributed by atoms with E-state index < -0.39 is 12.4 Å². The summed E-state index contributed by atoms with van der Waals surface area (Å²) in [5.74, 6) is 0.644. The van der Waals surface area contributed by atoms with E-state index in [0.717, 1.165) is 16.8 Å². The largest absolute Gasteiger partial charge is 0.376 e. The van der Waals surface area contributed by atoms with E-state index in [-0.39, 0.29) is 23.7 Å². The summed E-state index contributed by atoms with van der Waals surface area (Å²) < 4.78 is 24.4. The van der Waals surface area contributed by atoms with Crippen LogP contribution in [0.1, 0.15) is 38.8 Å². The van der Waals surface area contributed by atoms with Crippen molar-refractivity contribution in [3.63, 3.8) is 0 Å². The number of methoxy groups -OCH3 is 3. The summed E-state index contributed by atoms with van der Waals surface area (Å²) in [7, 11) is 4.82. The molecule has 2 aromatic carbocycles. The highest BCUT2D eigenvalue weighted by molar-refractivity contribution is 5.80. The summed E-state index contributed by atoms with van der Waals surface area (Å²) in [6.45, 7) is 8.50. The van der Waals surface area contributed by atoms with Crippen LogP contribution in [-0.2, 0) is 29.2 Å². The highest BCUT2D eigenvalue weighted by Crippen LogP contribution is 2.28.